The van der Waals surface area contributed by atoms with E-state index in [0.29, 0.717) is 12.3 Å². The zero-order chi connectivity index (χ0) is 15.6. The smallest absolute Gasteiger partial charge is 0.313 e. The van der Waals surface area contributed by atoms with E-state index in [-0.39, 0.29) is 19.2 Å². The molecule has 0 radical (unpaired) electrons. The summed E-state index contributed by atoms with van der Waals surface area (Å²) < 4.78 is 15.2. The molecule has 6 nitrogen and oxygen atoms in total. The van der Waals surface area contributed by atoms with E-state index in [9.17, 15) is 4.79 Å². The second kappa shape index (κ2) is 6.39. The standard InChI is InChI=1S/C14H27NO5/c1-9(2)6-14(5,13(3,4)15)11(16)18-7-10-8-19-12(17)20-10/h9-10,12,17H,6-8,15H2,1-5H3. The van der Waals surface area contributed by atoms with Gasteiger partial charge in [0.25, 0.3) is 6.48 Å². The lowest BCUT2D eigenvalue weighted by Crippen LogP contribution is -2.55. The van der Waals surface area contributed by atoms with E-state index in [1.807, 2.05) is 34.6 Å². The van der Waals surface area contributed by atoms with Crippen molar-refractivity contribution in [2.24, 2.45) is 17.1 Å². The predicted molar refractivity (Wildman–Crippen MR) is 73.6 cm³/mol. The minimum absolute atomic E-state index is 0.0552. The number of hydrogen-bond donors (Lipinski definition) is 2. The monoisotopic (exact) mass is 289 g/mol. The molecule has 1 rings (SSSR count). The molecule has 0 saturated carbocycles. The first-order valence-corrected chi connectivity index (χ1v) is 6.97. The van der Waals surface area contributed by atoms with Crippen LogP contribution in [0, 0.1) is 11.3 Å². The van der Waals surface area contributed by atoms with Gasteiger partial charge in [0.05, 0.1) is 12.0 Å². The Kier molecular flexibility index (Phi) is 5.54. The molecule has 0 aromatic rings. The number of hydrogen-bond acceptors (Lipinski definition) is 6. The first-order valence-electron chi connectivity index (χ1n) is 6.97. The van der Waals surface area contributed by atoms with E-state index in [0.717, 1.165) is 0 Å². The van der Waals surface area contributed by atoms with Gasteiger partial charge in [-0.15, -0.1) is 0 Å². The summed E-state index contributed by atoms with van der Waals surface area (Å²) >= 11 is 0. The molecular formula is C14H27NO5. The van der Waals surface area contributed by atoms with E-state index in [2.05, 4.69) is 0 Å². The third-order valence-corrected chi connectivity index (χ3v) is 3.82. The maximum Gasteiger partial charge on any atom is 0.313 e. The first-order chi connectivity index (χ1) is 9.06. The van der Waals surface area contributed by atoms with Crippen molar-refractivity contribution in [1.29, 1.82) is 0 Å². The quantitative estimate of drug-likeness (QED) is 0.709. The van der Waals surface area contributed by atoms with Gasteiger partial charge in [0.15, 0.2) is 0 Å². The highest BCUT2D eigenvalue weighted by Crippen LogP contribution is 2.37. The van der Waals surface area contributed by atoms with Gasteiger partial charge in [0, 0.05) is 5.54 Å². The van der Waals surface area contributed by atoms with Crippen LogP contribution < -0.4 is 5.73 Å². The van der Waals surface area contributed by atoms with Gasteiger partial charge in [-0.2, -0.15) is 0 Å². The molecule has 3 N–H and O–H groups in total. The molecule has 1 fully saturated rings. The molecule has 1 saturated heterocycles. The van der Waals surface area contributed by atoms with Crippen LogP contribution >= 0.6 is 0 Å². The number of esters is 1. The Morgan fingerprint density at radius 3 is 2.45 bits per heavy atom. The lowest BCUT2D eigenvalue weighted by atomic mass is 9.68. The summed E-state index contributed by atoms with van der Waals surface area (Å²) in [5.41, 5.74) is 4.70. The van der Waals surface area contributed by atoms with Gasteiger partial charge in [-0.05, 0) is 33.1 Å². The molecule has 1 heterocycles. The number of carbonyl (C=O) groups excluding carboxylic acids is 1. The molecule has 118 valence electrons. The second-order valence-corrected chi connectivity index (χ2v) is 6.65. The van der Waals surface area contributed by atoms with Gasteiger partial charge >= 0.3 is 5.97 Å². The van der Waals surface area contributed by atoms with Crippen molar-refractivity contribution in [2.45, 2.75) is 59.2 Å². The summed E-state index contributed by atoms with van der Waals surface area (Å²) in [7, 11) is 0. The van der Waals surface area contributed by atoms with Crippen LogP contribution in [0.25, 0.3) is 0 Å². The Bertz CT molecular complexity index is 339. The Morgan fingerprint density at radius 1 is 1.45 bits per heavy atom. The number of ether oxygens (including phenoxy) is 3. The van der Waals surface area contributed by atoms with E-state index in [4.69, 9.17) is 25.1 Å². The van der Waals surface area contributed by atoms with Crippen LogP contribution in [-0.4, -0.2) is 42.4 Å². The van der Waals surface area contributed by atoms with Gasteiger partial charge in [-0.25, -0.2) is 0 Å². The Labute approximate surface area is 120 Å². The van der Waals surface area contributed by atoms with Gasteiger partial charge in [0.2, 0.25) is 0 Å². The molecule has 0 aromatic carbocycles. The summed E-state index contributed by atoms with van der Waals surface area (Å²) in [5, 5.41) is 9.07. The lowest BCUT2D eigenvalue weighted by molar-refractivity contribution is -0.209. The van der Waals surface area contributed by atoms with Crippen molar-refractivity contribution in [3.8, 4) is 0 Å². The molecule has 1 aliphatic rings. The zero-order valence-electron chi connectivity index (χ0n) is 13.0. The minimum atomic E-state index is -1.23. The van der Waals surface area contributed by atoms with Gasteiger partial charge in [-0.1, -0.05) is 13.8 Å². The first kappa shape index (κ1) is 17.4. The zero-order valence-corrected chi connectivity index (χ0v) is 13.0. The van der Waals surface area contributed by atoms with Crippen molar-refractivity contribution in [3.05, 3.63) is 0 Å². The number of rotatable bonds is 6. The van der Waals surface area contributed by atoms with Gasteiger partial charge < -0.3 is 25.1 Å². The van der Waals surface area contributed by atoms with Crippen molar-refractivity contribution < 1.29 is 24.1 Å². The summed E-state index contributed by atoms with van der Waals surface area (Å²) in [4.78, 5) is 12.4. The van der Waals surface area contributed by atoms with Crippen molar-refractivity contribution >= 4 is 5.97 Å². The maximum absolute atomic E-state index is 12.4. The SMILES string of the molecule is CC(C)CC(C)(C(=O)OCC1COC(O)O1)C(C)(C)N. The fourth-order valence-electron chi connectivity index (χ4n) is 2.27. The fourth-order valence-corrected chi connectivity index (χ4v) is 2.27. The van der Waals surface area contributed by atoms with Gasteiger partial charge in [0.1, 0.15) is 12.7 Å². The van der Waals surface area contributed by atoms with E-state index >= 15 is 0 Å². The highest BCUT2D eigenvalue weighted by molar-refractivity contribution is 5.78. The average molecular weight is 289 g/mol. The van der Waals surface area contributed by atoms with Crippen LogP contribution in [0.5, 0.6) is 0 Å². The minimum Gasteiger partial charge on any atom is -0.462 e. The maximum atomic E-state index is 12.4. The number of aliphatic hydroxyl groups is 1. The molecule has 0 bridgehead atoms. The second-order valence-electron chi connectivity index (χ2n) is 6.65. The van der Waals surface area contributed by atoms with E-state index in [1.54, 1.807) is 0 Å². The third-order valence-electron chi connectivity index (χ3n) is 3.82. The number of nitrogens with two attached hydrogens (primary N) is 1. The molecule has 0 aliphatic carbocycles. The highest BCUT2D eigenvalue weighted by atomic mass is 16.8. The van der Waals surface area contributed by atoms with Crippen molar-refractivity contribution in [3.63, 3.8) is 0 Å². The molecule has 3 atom stereocenters. The Morgan fingerprint density at radius 2 is 2.05 bits per heavy atom. The van der Waals surface area contributed by atoms with Crippen LogP contribution in [0.1, 0.15) is 41.0 Å². The Balaban J connectivity index is 2.64. The largest absolute Gasteiger partial charge is 0.462 e. The van der Waals surface area contributed by atoms with E-state index in [1.165, 1.54) is 0 Å². The number of carbonyl (C=O) groups is 1. The van der Waals surface area contributed by atoms with Gasteiger partial charge in [-0.3, -0.25) is 4.79 Å². The van der Waals surface area contributed by atoms with Crippen molar-refractivity contribution in [1.82, 2.24) is 0 Å². The normalized spacial score (nSPS) is 26.6. The molecule has 3 unspecified atom stereocenters. The summed E-state index contributed by atoms with van der Waals surface area (Å²) in [6.07, 6.45) is 0.207. The molecular weight excluding hydrogens is 262 g/mol. The van der Waals surface area contributed by atoms with Crippen LogP contribution in [0.2, 0.25) is 0 Å². The van der Waals surface area contributed by atoms with E-state index < -0.39 is 23.5 Å². The van der Waals surface area contributed by atoms with Crippen LogP contribution in [0.3, 0.4) is 0 Å². The van der Waals surface area contributed by atoms with Crippen molar-refractivity contribution in [2.75, 3.05) is 13.2 Å². The predicted octanol–water partition coefficient (Wildman–Crippen LogP) is 1.01. The van der Waals surface area contributed by atoms with Crippen LogP contribution in [-0.2, 0) is 19.0 Å². The number of aliphatic hydroxyl groups excluding tert-OH is 1. The topological polar surface area (TPSA) is 91.0 Å². The summed E-state index contributed by atoms with van der Waals surface area (Å²) in [6, 6.07) is 0. The Hall–Kier alpha value is -0.690. The average Bonchev–Trinajstić information content (AvgIpc) is 2.69. The third kappa shape index (κ3) is 4.15. The molecule has 0 amide bonds. The van der Waals surface area contributed by atoms with Crippen LogP contribution in [0.4, 0.5) is 0 Å². The molecule has 0 aromatic heterocycles. The molecule has 6 heteroatoms. The van der Waals surface area contributed by atoms with Crippen LogP contribution in [0.15, 0.2) is 0 Å². The lowest BCUT2D eigenvalue weighted by Gasteiger charge is -2.40. The highest BCUT2D eigenvalue weighted by Gasteiger charge is 2.46. The summed E-state index contributed by atoms with van der Waals surface area (Å²) in [5.74, 6) is -0.0213. The summed E-state index contributed by atoms with van der Waals surface area (Å²) in [6.45, 7) is 8.61. The fraction of sp³-hybridized carbons (Fsp3) is 0.929. The molecule has 1 aliphatic heterocycles. The molecule has 0 spiro atoms. The molecule has 20 heavy (non-hydrogen) atoms.